The van der Waals surface area contributed by atoms with Crippen molar-refractivity contribution in [2.45, 2.75) is 322 Å². The fraction of sp³-hybridized carbons (Fsp3) is 0.963. The molecule has 0 heterocycles. The van der Waals surface area contributed by atoms with Gasteiger partial charge in [-0.15, -0.1) is 0 Å². The normalized spacial score (nSPS) is 11.4. The predicted octanol–water partition coefficient (Wildman–Crippen LogP) is 18.8. The second-order valence-corrected chi connectivity index (χ2v) is 18.5. The Balaban J connectivity index is 3.21. The van der Waals surface area contributed by atoms with E-state index in [1.165, 1.54) is 244 Å². The van der Waals surface area contributed by atoms with Gasteiger partial charge in [-0.1, -0.05) is 284 Å². The smallest absolute Gasteiger partial charge is 0.305 e. The molecule has 0 aromatic heterocycles. The van der Waals surface area contributed by atoms with Crippen molar-refractivity contribution in [3.05, 3.63) is 0 Å². The van der Waals surface area contributed by atoms with E-state index < -0.39 is 0 Å². The van der Waals surface area contributed by atoms with Gasteiger partial charge in [-0.25, -0.2) is 0 Å². The summed E-state index contributed by atoms with van der Waals surface area (Å²) in [7, 11) is 0. The molecule has 0 saturated heterocycles. The maximum atomic E-state index is 12.1. The second-order valence-electron chi connectivity index (χ2n) is 18.5. The van der Waals surface area contributed by atoms with Crippen LogP contribution in [0.4, 0.5) is 0 Å². The van der Waals surface area contributed by atoms with Gasteiger partial charge in [0.05, 0.1) is 13.2 Å². The molecule has 0 saturated carbocycles. The van der Waals surface area contributed by atoms with Crippen LogP contribution in [0.2, 0.25) is 0 Å². The summed E-state index contributed by atoms with van der Waals surface area (Å²) in [5.74, 6) is -0.00324. The van der Waals surface area contributed by atoms with Crippen LogP contribution in [-0.4, -0.2) is 25.2 Å². The SMILES string of the molecule is CCCCCCCCCCCCCCCCCCCCCC(=O)OCCCCCCCCCCOC(=O)CCCCCCCCCCCCCCCCCCCCC. The molecule has 4 heteroatoms. The maximum Gasteiger partial charge on any atom is 0.305 e. The third-order valence-corrected chi connectivity index (χ3v) is 12.5. The molecule has 346 valence electrons. The fourth-order valence-corrected chi connectivity index (χ4v) is 8.48. The summed E-state index contributed by atoms with van der Waals surface area (Å²) in [6.45, 7) is 5.76. The van der Waals surface area contributed by atoms with Crippen molar-refractivity contribution in [2.75, 3.05) is 13.2 Å². The summed E-state index contributed by atoms with van der Waals surface area (Å²) in [6.07, 6.45) is 62.5. The van der Waals surface area contributed by atoms with Gasteiger partial charge in [0.25, 0.3) is 0 Å². The Labute approximate surface area is 365 Å². The second kappa shape index (κ2) is 52.1. The van der Waals surface area contributed by atoms with Gasteiger partial charge in [0.1, 0.15) is 0 Å². The molecule has 0 unspecified atom stereocenters. The van der Waals surface area contributed by atoms with Crippen LogP contribution in [-0.2, 0) is 19.1 Å². The first-order chi connectivity index (χ1) is 28.7. The van der Waals surface area contributed by atoms with E-state index in [0.717, 1.165) is 51.4 Å². The topological polar surface area (TPSA) is 52.6 Å². The number of carbonyl (C=O) groups excluding carboxylic acids is 2. The van der Waals surface area contributed by atoms with Gasteiger partial charge in [0.2, 0.25) is 0 Å². The summed E-state index contributed by atoms with van der Waals surface area (Å²) < 4.78 is 10.9. The quantitative estimate of drug-likeness (QED) is 0.0453. The van der Waals surface area contributed by atoms with E-state index >= 15 is 0 Å². The van der Waals surface area contributed by atoms with Gasteiger partial charge >= 0.3 is 11.9 Å². The minimum absolute atomic E-state index is 0.00162. The maximum absolute atomic E-state index is 12.1. The van der Waals surface area contributed by atoms with Crippen molar-refractivity contribution in [3.63, 3.8) is 0 Å². The van der Waals surface area contributed by atoms with E-state index in [1.54, 1.807) is 0 Å². The number of ether oxygens (including phenoxy) is 2. The van der Waals surface area contributed by atoms with E-state index in [-0.39, 0.29) is 11.9 Å². The highest BCUT2D eigenvalue weighted by Gasteiger charge is 2.05. The third kappa shape index (κ3) is 51.1. The van der Waals surface area contributed by atoms with Crippen LogP contribution in [0.1, 0.15) is 322 Å². The van der Waals surface area contributed by atoms with Gasteiger partial charge in [0, 0.05) is 12.8 Å². The van der Waals surface area contributed by atoms with Crippen molar-refractivity contribution in [3.8, 4) is 0 Å². The average molecular weight is 819 g/mol. The van der Waals surface area contributed by atoms with Crippen LogP contribution in [0.25, 0.3) is 0 Å². The largest absolute Gasteiger partial charge is 0.466 e. The van der Waals surface area contributed by atoms with Crippen molar-refractivity contribution >= 4 is 11.9 Å². The van der Waals surface area contributed by atoms with Crippen molar-refractivity contribution in [1.29, 1.82) is 0 Å². The molecule has 0 aliphatic heterocycles. The lowest BCUT2D eigenvalue weighted by Gasteiger charge is -2.06. The molecule has 0 amide bonds. The molecule has 0 aliphatic carbocycles. The number of rotatable bonds is 51. The van der Waals surface area contributed by atoms with Gasteiger partial charge in [-0.2, -0.15) is 0 Å². The molecule has 0 atom stereocenters. The molecule has 0 aromatic rings. The van der Waals surface area contributed by atoms with Crippen molar-refractivity contribution in [1.82, 2.24) is 0 Å². The average Bonchev–Trinajstić information content (AvgIpc) is 3.22. The first kappa shape index (κ1) is 56.9. The lowest BCUT2D eigenvalue weighted by Crippen LogP contribution is -2.05. The van der Waals surface area contributed by atoms with Gasteiger partial charge in [-0.3, -0.25) is 9.59 Å². The van der Waals surface area contributed by atoms with E-state index in [1.807, 2.05) is 0 Å². The fourth-order valence-electron chi connectivity index (χ4n) is 8.48. The molecule has 0 aliphatic rings. The summed E-state index contributed by atoms with van der Waals surface area (Å²) in [4.78, 5) is 24.1. The molecule has 0 fully saturated rings. The Hall–Kier alpha value is -1.06. The van der Waals surface area contributed by atoms with E-state index in [0.29, 0.717) is 26.1 Å². The van der Waals surface area contributed by atoms with Gasteiger partial charge < -0.3 is 9.47 Å². The molecule has 0 radical (unpaired) electrons. The Bertz CT molecular complexity index is 717. The summed E-state index contributed by atoms with van der Waals surface area (Å²) in [6, 6.07) is 0. The minimum Gasteiger partial charge on any atom is -0.466 e. The van der Waals surface area contributed by atoms with Crippen LogP contribution in [0, 0.1) is 0 Å². The van der Waals surface area contributed by atoms with E-state index in [4.69, 9.17) is 9.47 Å². The number of hydrogen-bond donors (Lipinski definition) is 0. The van der Waals surface area contributed by atoms with E-state index in [2.05, 4.69) is 13.8 Å². The standard InChI is InChI=1S/C54H106O4/c1-3-5-7-9-11-13-15-17-19-21-23-25-27-29-31-33-37-41-45-49-53(55)57-51-47-43-39-35-36-40-44-48-52-58-54(56)50-46-42-38-34-32-30-28-26-24-22-20-18-16-14-12-10-8-6-4-2/h3-52H2,1-2H3. The van der Waals surface area contributed by atoms with Crippen LogP contribution in [0.15, 0.2) is 0 Å². The van der Waals surface area contributed by atoms with Crippen LogP contribution >= 0.6 is 0 Å². The molecule has 58 heavy (non-hydrogen) atoms. The summed E-state index contributed by atoms with van der Waals surface area (Å²) >= 11 is 0. The zero-order valence-electron chi connectivity index (χ0n) is 40.0. The monoisotopic (exact) mass is 819 g/mol. The molecule has 0 spiro atoms. The Morgan fingerprint density at radius 3 is 0.569 bits per heavy atom. The molecule has 4 nitrogen and oxygen atoms in total. The predicted molar refractivity (Wildman–Crippen MR) is 255 cm³/mol. The molecule has 0 N–H and O–H groups in total. The highest BCUT2D eigenvalue weighted by molar-refractivity contribution is 5.69. The molecule has 0 aromatic carbocycles. The number of carbonyl (C=O) groups is 2. The first-order valence-corrected chi connectivity index (χ1v) is 27.0. The number of esters is 2. The van der Waals surface area contributed by atoms with Crippen molar-refractivity contribution in [2.24, 2.45) is 0 Å². The van der Waals surface area contributed by atoms with Crippen molar-refractivity contribution < 1.29 is 19.1 Å². The lowest BCUT2D eigenvalue weighted by atomic mass is 10.0. The molecular formula is C54H106O4. The Morgan fingerprint density at radius 1 is 0.224 bits per heavy atom. The zero-order chi connectivity index (χ0) is 41.9. The first-order valence-electron chi connectivity index (χ1n) is 27.0. The number of hydrogen-bond acceptors (Lipinski definition) is 4. The van der Waals surface area contributed by atoms with Gasteiger partial charge in [0.15, 0.2) is 0 Å². The van der Waals surface area contributed by atoms with Crippen LogP contribution in [0.3, 0.4) is 0 Å². The molecule has 0 bridgehead atoms. The molecule has 0 rings (SSSR count). The summed E-state index contributed by atoms with van der Waals surface area (Å²) in [5.41, 5.74) is 0. The van der Waals surface area contributed by atoms with E-state index in [9.17, 15) is 9.59 Å². The minimum atomic E-state index is -0.00162. The van der Waals surface area contributed by atoms with Crippen LogP contribution in [0.5, 0.6) is 0 Å². The highest BCUT2D eigenvalue weighted by atomic mass is 16.5. The number of unbranched alkanes of at least 4 members (excludes halogenated alkanes) is 43. The Kier molecular flexibility index (Phi) is 51.1. The van der Waals surface area contributed by atoms with Crippen LogP contribution < -0.4 is 0 Å². The molecular weight excluding hydrogens is 713 g/mol. The Morgan fingerprint density at radius 2 is 0.379 bits per heavy atom. The summed E-state index contributed by atoms with van der Waals surface area (Å²) in [5, 5.41) is 0. The third-order valence-electron chi connectivity index (χ3n) is 12.5. The zero-order valence-corrected chi connectivity index (χ0v) is 40.0. The van der Waals surface area contributed by atoms with Gasteiger partial charge in [-0.05, 0) is 25.7 Å². The highest BCUT2D eigenvalue weighted by Crippen LogP contribution is 2.17. The lowest BCUT2D eigenvalue weighted by molar-refractivity contribution is -0.144.